The molecule has 0 fully saturated rings. The van der Waals surface area contributed by atoms with E-state index in [-0.39, 0.29) is 6.61 Å². The highest BCUT2D eigenvalue weighted by atomic mass is 32.1. The van der Waals surface area contributed by atoms with Gasteiger partial charge in [0.2, 0.25) is 0 Å². The number of ether oxygens (including phenoxy) is 1. The highest BCUT2D eigenvalue weighted by Crippen LogP contribution is 2.24. The average molecular weight is 290 g/mol. The standard InChI is InChI=1S/C16H18O3S/c1-10(2)13-6-11(3)7-14(8-13)19-9-12-4-5-20-15(12)16(17)18/h4-8,10H,9H2,1-3H3,(H,17,18). The van der Waals surface area contributed by atoms with Gasteiger partial charge < -0.3 is 9.84 Å². The second kappa shape index (κ2) is 6.09. The zero-order valence-electron chi connectivity index (χ0n) is 11.8. The van der Waals surface area contributed by atoms with Crippen LogP contribution < -0.4 is 4.74 Å². The number of hydrogen-bond donors (Lipinski definition) is 1. The summed E-state index contributed by atoms with van der Waals surface area (Å²) in [6.07, 6.45) is 0. The molecule has 3 nitrogen and oxygen atoms in total. The minimum Gasteiger partial charge on any atom is -0.489 e. The van der Waals surface area contributed by atoms with E-state index in [0.29, 0.717) is 10.8 Å². The van der Waals surface area contributed by atoms with Gasteiger partial charge in [-0.3, -0.25) is 0 Å². The van der Waals surface area contributed by atoms with Crippen molar-refractivity contribution in [3.8, 4) is 5.75 Å². The quantitative estimate of drug-likeness (QED) is 0.884. The lowest BCUT2D eigenvalue weighted by Gasteiger charge is -2.11. The molecule has 0 unspecified atom stereocenters. The molecule has 0 saturated heterocycles. The van der Waals surface area contributed by atoms with Gasteiger partial charge in [0.05, 0.1) is 0 Å². The lowest BCUT2D eigenvalue weighted by Crippen LogP contribution is -2.02. The van der Waals surface area contributed by atoms with E-state index in [2.05, 4.69) is 19.9 Å². The first-order chi connectivity index (χ1) is 9.47. The summed E-state index contributed by atoms with van der Waals surface area (Å²) in [5.41, 5.74) is 3.09. The van der Waals surface area contributed by atoms with Crippen molar-refractivity contribution in [3.63, 3.8) is 0 Å². The van der Waals surface area contributed by atoms with Gasteiger partial charge in [0.1, 0.15) is 17.2 Å². The monoisotopic (exact) mass is 290 g/mol. The Morgan fingerprint density at radius 2 is 2.10 bits per heavy atom. The first-order valence-electron chi connectivity index (χ1n) is 6.51. The second-order valence-corrected chi connectivity index (χ2v) is 6.02. The van der Waals surface area contributed by atoms with Crippen LogP contribution in [-0.4, -0.2) is 11.1 Å². The van der Waals surface area contributed by atoms with Crippen molar-refractivity contribution in [2.45, 2.75) is 33.3 Å². The van der Waals surface area contributed by atoms with Crippen molar-refractivity contribution < 1.29 is 14.6 Å². The maximum Gasteiger partial charge on any atom is 0.346 e. The smallest absolute Gasteiger partial charge is 0.346 e. The molecule has 1 aromatic carbocycles. The van der Waals surface area contributed by atoms with Crippen molar-refractivity contribution in [3.05, 3.63) is 51.2 Å². The summed E-state index contributed by atoms with van der Waals surface area (Å²) >= 11 is 1.22. The van der Waals surface area contributed by atoms with Gasteiger partial charge in [-0.05, 0) is 47.5 Å². The van der Waals surface area contributed by atoms with E-state index in [4.69, 9.17) is 9.84 Å². The van der Waals surface area contributed by atoms with E-state index in [1.807, 2.05) is 19.1 Å². The van der Waals surface area contributed by atoms with Crippen molar-refractivity contribution in [1.82, 2.24) is 0 Å². The highest BCUT2D eigenvalue weighted by molar-refractivity contribution is 7.12. The van der Waals surface area contributed by atoms with Crippen LogP contribution in [0, 0.1) is 6.92 Å². The number of carboxylic acids is 1. The van der Waals surface area contributed by atoms with Gasteiger partial charge in [-0.2, -0.15) is 0 Å². The van der Waals surface area contributed by atoms with Crippen LogP contribution >= 0.6 is 11.3 Å². The van der Waals surface area contributed by atoms with Crippen LogP contribution in [0.4, 0.5) is 0 Å². The number of aromatic carboxylic acids is 1. The van der Waals surface area contributed by atoms with E-state index >= 15 is 0 Å². The van der Waals surface area contributed by atoms with Gasteiger partial charge >= 0.3 is 5.97 Å². The number of rotatable bonds is 5. The predicted octanol–water partition coefficient (Wildman–Crippen LogP) is 4.46. The number of hydrogen-bond acceptors (Lipinski definition) is 3. The fourth-order valence-electron chi connectivity index (χ4n) is 1.99. The van der Waals surface area contributed by atoms with Gasteiger partial charge in [-0.15, -0.1) is 11.3 Å². The molecule has 0 amide bonds. The van der Waals surface area contributed by atoms with Gasteiger partial charge in [0.15, 0.2) is 0 Å². The number of aryl methyl sites for hydroxylation is 1. The SMILES string of the molecule is Cc1cc(OCc2ccsc2C(=O)O)cc(C(C)C)c1. The Bertz CT molecular complexity index is 614. The summed E-state index contributed by atoms with van der Waals surface area (Å²) < 4.78 is 5.76. The summed E-state index contributed by atoms with van der Waals surface area (Å²) in [7, 11) is 0. The van der Waals surface area contributed by atoms with Crippen LogP contribution in [0.25, 0.3) is 0 Å². The first kappa shape index (κ1) is 14.6. The molecule has 2 aromatic rings. The lowest BCUT2D eigenvalue weighted by molar-refractivity contribution is 0.0699. The third-order valence-corrected chi connectivity index (χ3v) is 4.02. The molecule has 2 rings (SSSR count). The molecule has 1 N–H and O–H groups in total. The zero-order chi connectivity index (χ0) is 14.7. The number of carbonyl (C=O) groups is 1. The molecule has 0 spiro atoms. The van der Waals surface area contributed by atoms with E-state index in [0.717, 1.165) is 16.9 Å². The molecular formula is C16H18O3S. The number of carboxylic acid groups (broad SMARTS) is 1. The molecule has 0 atom stereocenters. The Morgan fingerprint density at radius 1 is 1.35 bits per heavy atom. The van der Waals surface area contributed by atoms with Gasteiger partial charge in [0.25, 0.3) is 0 Å². The third kappa shape index (κ3) is 3.39. The van der Waals surface area contributed by atoms with Crippen molar-refractivity contribution in [1.29, 1.82) is 0 Å². The van der Waals surface area contributed by atoms with Crippen LogP contribution in [0.1, 0.15) is 46.1 Å². The third-order valence-electron chi connectivity index (χ3n) is 3.08. The predicted molar refractivity (Wildman–Crippen MR) is 80.9 cm³/mol. The topological polar surface area (TPSA) is 46.5 Å². The minimum absolute atomic E-state index is 0.284. The van der Waals surface area contributed by atoms with Crippen LogP contribution in [-0.2, 0) is 6.61 Å². The Kier molecular flexibility index (Phi) is 4.45. The van der Waals surface area contributed by atoms with Crippen molar-refractivity contribution in [2.75, 3.05) is 0 Å². The summed E-state index contributed by atoms with van der Waals surface area (Å²) in [5, 5.41) is 10.8. The number of benzene rings is 1. The Balaban J connectivity index is 2.14. The van der Waals surface area contributed by atoms with Gasteiger partial charge in [0, 0.05) is 5.56 Å². The molecule has 20 heavy (non-hydrogen) atoms. The van der Waals surface area contributed by atoms with E-state index < -0.39 is 5.97 Å². The molecule has 106 valence electrons. The van der Waals surface area contributed by atoms with Crippen LogP contribution in [0.15, 0.2) is 29.6 Å². The summed E-state index contributed by atoms with van der Waals surface area (Å²) in [5.74, 6) is 0.329. The van der Waals surface area contributed by atoms with Crippen LogP contribution in [0.5, 0.6) is 5.75 Å². The molecule has 0 aliphatic rings. The average Bonchev–Trinajstić information content (AvgIpc) is 2.84. The molecule has 0 aliphatic heterocycles. The van der Waals surface area contributed by atoms with E-state index in [1.54, 1.807) is 11.4 Å². The highest BCUT2D eigenvalue weighted by Gasteiger charge is 2.12. The minimum atomic E-state index is -0.897. The van der Waals surface area contributed by atoms with Gasteiger partial charge in [-0.1, -0.05) is 19.9 Å². The summed E-state index contributed by atoms with van der Waals surface area (Å²) in [6.45, 7) is 6.60. The second-order valence-electron chi connectivity index (χ2n) is 5.10. The number of thiophene rings is 1. The fourth-order valence-corrected chi connectivity index (χ4v) is 2.74. The van der Waals surface area contributed by atoms with E-state index in [9.17, 15) is 4.79 Å². The normalized spacial score (nSPS) is 10.8. The van der Waals surface area contributed by atoms with E-state index in [1.165, 1.54) is 16.9 Å². The maximum atomic E-state index is 11.0. The lowest BCUT2D eigenvalue weighted by atomic mass is 10.0. The van der Waals surface area contributed by atoms with Crippen LogP contribution in [0.3, 0.4) is 0 Å². The maximum absolute atomic E-state index is 11.0. The Morgan fingerprint density at radius 3 is 2.75 bits per heavy atom. The Hall–Kier alpha value is -1.81. The zero-order valence-corrected chi connectivity index (χ0v) is 12.7. The first-order valence-corrected chi connectivity index (χ1v) is 7.39. The molecule has 4 heteroatoms. The molecule has 1 heterocycles. The molecule has 0 saturated carbocycles. The molecule has 0 aliphatic carbocycles. The fraction of sp³-hybridized carbons (Fsp3) is 0.312. The molecular weight excluding hydrogens is 272 g/mol. The van der Waals surface area contributed by atoms with Crippen molar-refractivity contribution >= 4 is 17.3 Å². The molecule has 0 radical (unpaired) electrons. The Labute approximate surface area is 122 Å². The van der Waals surface area contributed by atoms with Crippen LogP contribution in [0.2, 0.25) is 0 Å². The molecule has 0 bridgehead atoms. The summed E-state index contributed by atoms with van der Waals surface area (Å²) in [6, 6.07) is 7.93. The summed E-state index contributed by atoms with van der Waals surface area (Å²) in [4.78, 5) is 11.4. The van der Waals surface area contributed by atoms with Gasteiger partial charge in [-0.25, -0.2) is 4.79 Å². The molecule has 1 aromatic heterocycles. The largest absolute Gasteiger partial charge is 0.489 e. The van der Waals surface area contributed by atoms with Crippen molar-refractivity contribution in [2.24, 2.45) is 0 Å².